The van der Waals surface area contributed by atoms with Crippen molar-refractivity contribution in [3.8, 4) is 0 Å². The number of anilines is 2. The largest absolute Gasteiger partial charge is 0.362 e. The molecule has 0 fully saturated rings. The van der Waals surface area contributed by atoms with E-state index in [0.29, 0.717) is 18.0 Å². The highest BCUT2D eigenvalue weighted by Crippen LogP contribution is 2.18. The number of nitrogens with one attached hydrogen (secondary N) is 2. The Kier molecular flexibility index (Phi) is 7.41. The van der Waals surface area contributed by atoms with Gasteiger partial charge in [-0.1, -0.05) is 32.0 Å². The molecule has 0 aliphatic rings. The monoisotopic (exact) mass is 367 g/mol. The third kappa shape index (κ3) is 6.13. The van der Waals surface area contributed by atoms with Crippen molar-refractivity contribution >= 4 is 23.2 Å². The van der Waals surface area contributed by atoms with Crippen molar-refractivity contribution in [3.05, 3.63) is 59.7 Å². The van der Waals surface area contributed by atoms with Crippen molar-refractivity contribution < 1.29 is 9.59 Å². The van der Waals surface area contributed by atoms with Crippen molar-refractivity contribution in [2.75, 3.05) is 29.9 Å². The zero-order valence-electron chi connectivity index (χ0n) is 16.6. The van der Waals surface area contributed by atoms with E-state index < -0.39 is 0 Å². The van der Waals surface area contributed by atoms with Gasteiger partial charge in [-0.2, -0.15) is 0 Å². The van der Waals surface area contributed by atoms with Crippen LogP contribution in [0.3, 0.4) is 0 Å². The van der Waals surface area contributed by atoms with Crippen LogP contribution in [0.1, 0.15) is 36.7 Å². The maximum absolute atomic E-state index is 12.5. The summed E-state index contributed by atoms with van der Waals surface area (Å²) in [5.41, 5.74) is 3.21. The summed E-state index contributed by atoms with van der Waals surface area (Å²) in [4.78, 5) is 26.7. The van der Waals surface area contributed by atoms with E-state index in [1.54, 1.807) is 18.2 Å². The Hall–Kier alpha value is -2.82. The molecule has 0 atom stereocenters. The smallest absolute Gasteiger partial charge is 0.251 e. The second-order valence-corrected chi connectivity index (χ2v) is 7.03. The number of amides is 2. The molecular weight excluding hydrogens is 338 g/mol. The lowest BCUT2D eigenvalue weighted by Gasteiger charge is -2.22. The fraction of sp³-hybridized carbons (Fsp3) is 0.364. The number of rotatable bonds is 8. The number of hydrogen-bond acceptors (Lipinski definition) is 3. The minimum atomic E-state index is -0.0917. The van der Waals surface area contributed by atoms with Gasteiger partial charge in [0, 0.05) is 30.0 Å². The third-order valence-corrected chi connectivity index (χ3v) is 4.27. The Balaban J connectivity index is 2.00. The van der Waals surface area contributed by atoms with Gasteiger partial charge in [0.25, 0.3) is 5.91 Å². The number of para-hydroxylation sites is 1. The second kappa shape index (κ2) is 9.76. The summed E-state index contributed by atoms with van der Waals surface area (Å²) in [5, 5.41) is 5.85. The SMILES string of the molecule is CCN(CC(=O)Nc1ccc(C(=O)NCC(C)C)cc1C)c1ccccc1. The van der Waals surface area contributed by atoms with Gasteiger partial charge in [-0.3, -0.25) is 9.59 Å². The van der Waals surface area contributed by atoms with Crippen LogP contribution in [-0.2, 0) is 4.79 Å². The van der Waals surface area contributed by atoms with E-state index in [1.165, 1.54) is 0 Å². The number of aryl methyl sites for hydroxylation is 1. The van der Waals surface area contributed by atoms with Gasteiger partial charge in [-0.15, -0.1) is 0 Å². The van der Waals surface area contributed by atoms with Gasteiger partial charge in [0.05, 0.1) is 6.54 Å². The first-order chi connectivity index (χ1) is 12.9. The lowest BCUT2D eigenvalue weighted by atomic mass is 10.1. The normalized spacial score (nSPS) is 10.6. The first-order valence-corrected chi connectivity index (χ1v) is 9.39. The summed E-state index contributed by atoms with van der Waals surface area (Å²) in [6.45, 7) is 9.68. The van der Waals surface area contributed by atoms with Gasteiger partial charge in [-0.25, -0.2) is 0 Å². The fourth-order valence-corrected chi connectivity index (χ4v) is 2.73. The first kappa shape index (κ1) is 20.5. The Labute approximate surface area is 161 Å². The predicted octanol–water partition coefficient (Wildman–Crippen LogP) is 3.85. The quantitative estimate of drug-likeness (QED) is 0.745. The summed E-state index contributed by atoms with van der Waals surface area (Å²) in [6, 6.07) is 15.2. The van der Waals surface area contributed by atoms with Crippen LogP contribution < -0.4 is 15.5 Å². The van der Waals surface area contributed by atoms with Crippen molar-refractivity contribution in [1.82, 2.24) is 5.32 Å². The van der Waals surface area contributed by atoms with Crippen molar-refractivity contribution in [1.29, 1.82) is 0 Å². The number of likely N-dealkylation sites (N-methyl/N-ethyl adjacent to an activating group) is 1. The minimum Gasteiger partial charge on any atom is -0.362 e. The van der Waals surface area contributed by atoms with E-state index in [4.69, 9.17) is 0 Å². The Morgan fingerprint density at radius 2 is 1.78 bits per heavy atom. The Morgan fingerprint density at radius 3 is 2.37 bits per heavy atom. The highest BCUT2D eigenvalue weighted by molar-refractivity contribution is 5.97. The number of carbonyl (C=O) groups is 2. The molecule has 0 saturated heterocycles. The molecule has 5 nitrogen and oxygen atoms in total. The molecule has 0 unspecified atom stereocenters. The molecular formula is C22H29N3O2. The Bertz CT molecular complexity index is 772. The molecule has 5 heteroatoms. The van der Waals surface area contributed by atoms with Crippen LogP contribution in [0.2, 0.25) is 0 Å². The minimum absolute atomic E-state index is 0.0826. The van der Waals surface area contributed by atoms with Crippen molar-refractivity contribution in [2.24, 2.45) is 5.92 Å². The van der Waals surface area contributed by atoms with E-state index in [-0.39, 0.29) is 18.4 Å². The third-order valence-electron chi connectivity index (χ3n) is 4.27. The number of carbonyl (C=O) groups excluding carboxylic acids is 2. The zero-order chi connectivity index (χ0) is 19.8. The van der Waals surface area contributed by atoms with E-state index in [2.05, 4.69) is 24.5 Å². The summed E-state index contributed by atoms with van der Waals surface area (Å²) < 4.78 is 0. The average Bonchev–Trinajstić information content (AvgIpc) is 2.66. The molecule has 0 aliphatic carbocycles. The van der Waals surface area contributed by atoms with E-state index in [1.807, 2.05) is 49.1 Å². The van der Waals surface area contributed by atoms with Gasteiger partial charge in [0.2, 0.25) is 5.91 Å². The molecule has 2 rings (SSSR count). The van der Waals surface area contributed by atoms with E-state index in [0.717, 1.165) is 23.5 Å². The van der Waals surface area contributed by atoms with Crippen LogP contribution in [0.5, 0.6) is 0 Å². The molecule has 0 bridgehead atoms. The van der Waals surface area contributed by atoms with Crippen LogP contribution in [0.15, 0.2) is 48.5 Å². The predicted molar refractivity (Wildman–Crippen MR) is 111 cm³/mol. The zero-order valence-corrected chi connectivity index (χ0v) is 16.6. The summed E-state index contributed by atoms with van der Waals surface area (Å²) in [5.74, 6) is 0.228. The molecule has 0 heterocycles. The highest BCUT2D eigenvalue weighted by atomic mass is 16.2. The molecule has 0 aliphatic heterocycles. The molecule has 2 aromatic carbocycles. The summed E-state index contributed by atoms with van der Waals surface area (Å²) >= 11 is 0. The van der Waals surface area contributed by atoms with Crippen LogP contribution in [0.25, 0.3) is 0 Å². The van der Waals surface area contributed by atoms with E-state index >= 15 is 0 Å². The molecule has 0 aromatic heterocycles. The molecule has 2 aromatic rings. The van der Waals surface area contributed by atoms with E-state index in [9.17, 15) is 9.59 Å². The highest BCUT2D eigenvalue weighted by Gasteiger charge is 2.13. The number of benzene rings is 2. The molecule has 0 spiro atoms. The summed E-state index contributed by atoms with van der Waals surface area (Å²) in [7, 11) is 0. The molecule has 27 heavy (non-hydrogen) atoms. The maximum Gasteiger partial charge on any atom is 0.251 e. The Morgan fingerprint density at radius 1 is 1.07 bits per heavy atom. The van der Waals surface area contributed by atoms with Crippen LogP contribution in [-0.4, -0.2) is 31.4 Å². The van der Waals surface area contributed by atoms with Crippen LogP contribution in [0.4, 0.5) is 11.4 Å². The number of hydrogen-bond donors (Lipinski definition) is 2. The van der Waals surface area contributed by atoms with Gasteiger partial charge in [0.15, 0.2) is 0 Å². The average molecular weight is 367 g/mol. The lowest BCUT2D eigenvalue weighted by Crippen LogP contribution is -2.33. The first-order valence-electron chi connectivity index (χ1n) is 9.39. The standard InChI is InChI=1S/C22H29N3O2/c1-5-25(19-9-7-6-8-10-19)15-21(26)24-20-12-11-18(13-17(20)4)22(27)23-14-16(2)3/h6-13,16H,5,14-15H2,1-4H3,(H,23,27)(H,24,26). The molecule has 0 saturated carbocycles. The van der Waals surface area contributed by atoms with Crippen molar-refractivity contribution in [2.45, 2.75) is 27.7 Å². The van der Waals surface area contributed by atoms with Gasteiger partial charge < -0.3 is 15.5 Å². The van der Waals surface area contributed by atoms with Crippen molar-refractivity contribution in [3.63, 3.8) is 0 Å². The maximum atomic E-state index is 12.5. The topological polar surface area (TPSA) is 61.4 Å². The molecule has 0 radical (unpaired) electrons. The number of nitrogens with zero attached hydrogens (tertiary/aromatic N) is 1. The van der Waals surface area contributed by atoms with Gasteiger partial charge in [-0.05, 0) is 55.7 Å². The molecule has 2 N–H and O–H groups in total. The molecule has 144 valence electrons. The lowest BCUT2D eigenvalue weighted by molar-refractivity contribution is -0.115. The van der Waals surface area contributed by atoms with Crippen LogP contribution in [0, 0.1) is 12.8 Å². The second-order valence-electron chi connectivity index (χ2n) is 7.03. The molecule has 2 amide bonds. The fourth-order valence-electron chi connectivity index (χ4n) is 2.73. The van der Waals surface area contributed by atoms with Gasteiger partial charge in [0.1, 0.15) is 0 Å². The summed E-state index contributed by atoms with van der Waals surface area (Å²) in [6.07, 6.45) is 0. The van der Waals surface area contributed by atoms with Crippen LogP contribution >= 0.6 is 0 Å². The van der Waals surface area contributed by atoms with Gasteiger partial charge >= 0.3 is 0 Å².